The normalized spacial score (nSPS) is 12.5. The van der Waals surface area contributed by atoms with Crippen LogP contribution in [0.15, 0.2) is 35.7 Å². The zero-order valence-corrected chi connectivity index (χ0v) is 15.3. The fourth-order valence-electron chi connectivity index (χ4n) is 2.30. The summed E-state index contributed by atoms with van der Waals surface area (Å²) < 4.78 is 0. The van der Waals surface area contributed by atoms with Gasteiger partial charge in [-0.2, -0.15) is 0 Å². The second-order valence-electron chi connectivity index (χ2n) is 5.87. The minimum Gasteiger partial charge on any atom is -0.481 e. The number of aliphatic carboxylic acids is 1. The first-order chi connectivity index (χ1) is 12.4. The monoisotopic (exact) mass is 368 g/mol. The summed E-state index contributed by atoms with van der Waals surface area (Å²) in [5.74, 6) is -0.781. The van der Waals surface area contributed by atoms with E-state index >= 15 is 0 Å². The lowest BCUT2D eigenvalue weighted by Crippen LogP contribution is -1.98. The number of rotatable bonds is 15. The maximum absolute atomic E-state index is 11.0. The highest BCUT2D eigenvalue weighted by atomic mass is 16.6. The SMILES string of the molecule is CC/C(=C\C/C=C\C/C(=C\CCCCCCCC(=O)O)[N+](=O)[O-])[N+](=O)[O-]. The fraction of sp³-hybridized carbons (Fsp3) is 0.611. The van der Waals surface area contributed by atoms with Gasteiger partial charge in [-0.25, -0.2) is 0 Å². The molecule has 0 aromatic rings. The Bertz CT molecular complexity index is 552. The number of unbranched alkanes of at least 4 members (excludes halogenated alkanes) is 5. The molecule has 146 valence electrons. The van der Waals surface area contributed by atoms with E-state index in [1.807, 2.05) is 0 Å². The zero-order chi connectivity index (χ0) is 19.8. The van der Waals surface area contributed by atoms with Crippen LogP contribution in [0.3, 0.4) is 0 Å². The van der Waals surface area contributed by atoms with E-state index in [1.54, 1.807) is 25.2 Å². The Hall–Kier alpha value is -2.51. The lowest BCUT2D eigenvalue weighted by molar-refractivity contribution is -0.427. The summed E-state index contributed by atoms with van der Waals surface area (Å²) in [5, 5.41) is 30.2. The molecule has 0 aliphatic carbocycles. The van der Waals surface area contributed by atoms with E-state index in [1.165, 1.54) is 6.08 Å². The summed E-state index contributed by atoms with van der Waals surface area (Å²) in [4.78, 5) is 31.2. The first kappa shape index (κ1) is 23.5. The maximum atomic E-state index is 11.0. The van der Waals surface area contributed by atoms with Crippen molar-refractivity contribution in [2.45, 2.75) is 71.1 Å². The third-order valence-electron chi connectivity index (χ3n) is 3.79. The Morgan fingerprint density at radius 3 is 2.12 bits per heavy atom. The summed E-state index contributed by atoms with van der Waals surface area (Å²) in [5.41, 5.74) is 0.268. The van der Waals surface area contributed by atoms with Gasteiger partial charge in [0, 0.05) is 12.8 Å². The van der Waals surface area contributed by atoms with Gasteiger partial charge in [0.2, 0.25) is 11.4 Å². The van der Waals surface area contributed by atoms with Gasteiger partial charge >= 0.3 is 5.97 Å². The summed E-state index contributed by atoms with van der Waals surface area (Å²) >= 11 is 0. The first-order valence-electron chi connectivity index (χ1n) is 8.92. The first-order valence-corrected chi connectivity index (χ1v) is 8.92. The van der Waals surface area contributed by atoms with Gasteiger partial charge in [-0.1, -0.05) is 38.3 Å². The van der Waals surface area contributed by atoms with Gasteiger partial charge in [0.1, 0.15) is 0 Å². The van der Waals surface area contributed by atoms with Crippen LogP contribution in [0.5, 0.6) is 0 Å². The molecule has 0 rings (SSSR count). The smallest absolute Gasteiger partial charge is 0.303 e. The molecule has 0 atom stereocenters. The van der Waals surface area contributed by atoms with E-state index in [4.69, 9.17) is 5.11 Å². The molecule has 8 heteroatoms. The minimum absolute atomic E-state index is 0.126. The molecule has 0 amide bonds. The number of carboxylic acids is 1. The Morgan fingerprint density at radius 1 is 0.923 bits per heavy atom. The molecule has 0 aliphatic heterocycles. The molecule has 0 fully saturated rings. The van der Waals surface area contributed by atoms with Gasteiger partial charge in [0.15, 0.2) is 0 Å². The number of allylic oxidation sites excluding steroid dienone is 5. The van der Waals surface area contributed by atoms with Gasteiger partial charge in [-0.15, -0.1) is 0 Å². The third kappa shape index (κ3) is 12.9. The van der Waals surface area contributed by atoms with Gasteiger partial charge in [0.05, 0.1) is 16.3 Å². The average Bonchev–Trinajstić information content (AvgIpc) is 2.57. The van der Waals surface area contributed by atoms with E-state index in [0.717, 1.165) is 25.7 Å². The van der Waals surface area contributed by atoms with E-state index < -0.39 is 15.8 Å². The number of nitro groups is 2. The highest BCUT2D eigenvalue weighted by molar-refractivity contribution is 5.66. The van der Waals surface area contributed by atoms with Crippen LogP contribution in [0.1, 0.15) is 71.1 Å². The van der Waals surface area contributed by atoms with Crippen molar-refractivity contribution in [2.24, 2.45) is 0 Å². The van der Waals surface area contributed by atoms with Gasteiger partial charge < -0.3 is 5.11 Å². The molecule has 0 spiro atoms. The quantitative estimate of drug-likeness (QED) is 0.190. The molecular weight excluding hydrogens is 340 g/mol. The van der Waals surface area contributed by atoms with Crippen LogP contribution in [0.2, 0.25) is 0 Å². The van der Waals surface area contributed by atoms with Crippen molar-refractivity contribution in [3.05, 3.63) is 55.9 Å². The Labute approximate surface area is 153 Å². The molecule has 0 aromatic heterocycles. The van der Waals surface area contributed by atoms with Crippen molar-refractivity contribution in [1.82, 2.24) is 0 Å². The summed E-state index contributed by atoms with van der Waals surface area (Å²) in [6.45, 7) is 1.71. The van der Waals surface area contributed by atoms with E-state index in [2.05, 4.69) is 0 Å². The number of carbonyl (C=O) groups is 1. The van der Waals surface area contributed by atoms with Crippen LogP contribution in [0.25, 0.3) is 0 Å². The standard InChI is InChI=1S/C18H28N2O6/c1-2-16(19(23)24)12-9-7-10-14-17(20(25)26)13-8-5-3-4-6-11-15-18(21)22/h7,10,12-13H,2-6,8-9,11,14-15H2,1H3,(H,21,22)/b10-7-,16-12+,17-13+. The molecule has 8 nitrogen and oxygen atoms in total. The molecule has 0 aromatic carbocycles. The van der Waals surface area contributed by atoms with E-state index in [-0.39, 0.29) is 24.2 Å². The lowest BCUT2D eigenvalue weighted by atomic mass is 10.1. The van der Waals surface area contributed by atoms with E-state index in [9.17, 15) is 25.0 Å². The number of hydrogen-bond acceptors (Lipinski definition) is 5. The van der Waals surface area contributed by atoms with Crippen LogP contribution in [0, 0.1) is 20.2 Å². The molecular formula is C18H28N2O6. The number of hydrogen-bond donors (Lipinski definition) is 1. The summed E-state index contributed by atoms with van der Waals surface area (Å²) in [7, 11) is 0. The predicted molar refractivity (Wildman–Crippen MR) is 98.8 cm³/mol. The fourth-order valence-corrected chi connectivity index (χ4v) is 2.30. The van der Waals surface area contributed by atoms with Crippen LogP contribution in [-0.4, -0.2) is 20.9 Å². The second kappa shape index (κ2) is 14.8. The van der Waals surface area contributed by atoms with Crippen molar-refractivity contribution in [3.8, 4) is 0 Å². The number of nitrogens with zero attached hydrogens (tertiary/aromatic N) is 2. The minimum atomic E-state index is -0.781. The molecule has 0 heterocycles. The molecule has 0 aliphatic rings. The zero-order valence-electron chi connectivity index (χ0n) is 15.3. The Kier molecular flexibility index (Phi) is 13.4. The molecule has 0 saturated heterocycles. The average molecular weight is 368 g/mol. The molecule has 0 radical (unpaired) electrons. The highest BCUT2D eigenvalue weighted by Crippen LogP contribution is 2.11. The largest absolute Gasteiger partial charge is 0.481 e. The lowest BCUT2D eigenvalue weighted by Gasteiger charge is -1.99. The van der Waals surface area contributed by atoms with Gasteiger partial charge in [-0.3, -0.25) is 25.0 Å². The highest BCUT2D eigenvalue weighted by Gasteiger charge is 2.08. The number of carboxylic acid groups (broad SMARTS) is 1. The van der Waals surface area contributed by atoms with Crippen LogP contribution in [-0.2, 0) is 4.79 Å². The van der Waals surface area contributed by atoms with Crippen LogP contribution in [0.4, 0.5) is 0 Å². The maximum Gasteiger partial charge on any atom is 0.303 e. The van der Waals surface area contributed by atoms with Crippen molar-refractivity contribution in [1.29, 1.82) is 0 Å². The molecule has 1 N–H and O–H groups in total. The predicted octanol–water partition coefficient (Wildman–Crippen LogP) is 4.87. The van der Waals surface area contributed by atoms with Crippen LogP contribution >= 0.6 is 0 Å². The van der Waals surface area contributed by atoms with Crippen molar-refractivity contribution < 1.29 is 19.7 Å². The Balaban J connectivity index is 4.14. The molecule has 0 unspecified atom stereocenters. The third-order valence-corrected chi connectivity index (χ3v) is 3.79. The Morgan fingerprint density at radius 2 is 1.54 bits per heavy atom. The van der Waals surface area contributed by atoms with Crippen molar-refractivity contribution in [2.75, 3.05) is 0 Å². The second-order valence-corrected chi connectivity index (χ2v) is 5.87. The van der Waals surface area contributed by atoms with Crippen molar-refractivity contribution >= 4 is 5.97 Å². The molecule has 0 saturated carbocycles. The molecule has 26 heavy (non-hydrogen) atoms. The van der Waals surface area contributed by atoms with Gasteiger partial charge in [0.25, 0.3) is 0 Å². The van der Waals surface area contributed by atoms with Crippen LogP contribution < -0.4 is 0 Å². The van der Waals surface area contributed by atoms with E-state index in [0.29, 0.717) is 25.7 Å². The summed E-state index contributed by atoms with van der Waals surface area (Å²) in [6, 6.07) is 0. The van der Waals surface area contributed by atoms with Crippen molar-refractivity contribution in [3.63, 3.8) is 0 Å². The molecule has 0 bridgehead atoms. The van der Waals surface area contributed by atoms with Gasteiger partial charge in [-0.05, 0) is 37.8 Å². The summed E-state index contributed by atoms with van der Waals surface area (Å²) in [6.07, 6.45) is 12.4. The topological polar surface area (TPSA) is 124 Å².